The van der Waals surface area contributed by atoms with Gasteiger partial charge in [-0.25, -0.2) is 0 Å². The molecule has 27 heavy (non-hydrogen) atoms. The van der Waals surface area contributed by atoms with Gasteiger partial charge in [0.25, 0.3) is 0 Å². The van der Waals surface area contributed by atoms with Crippen molar-refractivity contribution in [2.24, 2.45) is 11.3 Å². The van der Waals surface area contributed by atoms with Crippen molar-refractivity contribution in [3.05, 3.63) is 65.7 Å². The minimum atomic E-state index is -2.85. The lowest BCUT2D eigenvalue weighted by Gasteiger charge is -2.17. The van der Waals surface area contributed by atoms with Gasteiger partial charge >= 0.3 is 6.61 Å². The van der Waals surface area contributed by atoms with Gasteiger partial charge in [-0.05, 0) is 35.1 Å². The summed E-state index contributed by atoms with van der Waals surface area (Å²) in [6, 6.07) is 16.7. The Morgan fingerprint density at radius 3 is 2.63 bits per heavy atom. The zero-order valence-electron chi connectivity index (χ0n) is 14.8. The summed E-state index contributed by atoms with van der Waals surface area (Å²) in [6.45, 7) is -1.10. The third-order valence-electron chi connectivity index (χ3n) is 6.00. The van der Waals surface area contributed by atoms with Crippen LogP contribution in [0.15, 0.2) is 54.6 Å². The van der Waals surface area contributed by atoms with E-state index in [1.807, 2.05) is 36.4 Å². The average Bonchev–Trinajstić information content (AvgIpc) is 3.19. The molecule has 4 rings (SSSR count). The number of likely N-dealkylation sites (tertiary alicyclic amines) is 1. The lowest BCUT2D eigenvalue weighted by Crippen LogP contribution is -2.23. The van der Waals surface area contributed by atoms with Gasteiger partial charge in [-0.3, -0.25) is 4.90 Å². The lowest BCUT2D eigenvalue weighted by atomic mass is 9.95. The van der Waals surface area contributed by atoms with Crippen LogP contribution in [0.4, 0.5) is 8.78 Å². The number of ether oxygens (including phenoxy) is 1. The van der Waals surface area contributed by atoms with Gasteiger partial charge in [0.1, 0.15) is 5.75 Å². The first-order valence-corrected chi connectivity index (χ1v) is 9.14. The van der Waals surface area contributed by atoms with Crippen LogP contribution in [0.5, 0.6) is 5.75 Å². The fraction of sp³-hybridized carbons (Fsp3) is 0.429. The number of hydrogen-bond donors (Lipinski definition) is 2. The normalized spacial score (nSPS) is 30.2. The summed E-state index contributed by atoms with van der Waals surface area (Å²) in [5.41, 5.74) is 1.66. The first-order valence-electron chi connectivity index (χ1n) is 9.14. The van der Waals surface area contributed by atoms with E-state index in [0.29, 0.717) is 19.6 Å². The number of rotatable bonds is 6. The number of aliphatic hydroxyl groups is 2. The molecule has 2 fully saturated rings. The maximum absolute atomic E-state index is 12.4. The Balaban J connectivity index is 1.49. The second-order valence-electron chi connectivity index (χ2n) is 7.50. The zero-order chi connectivity index (χ0) is 19.0. The fourth-order valence-corrected chi connectivity index (χ4v) is 4.86. The van der Waals surface area contributed by atoms with E-state index in [-0.39, 0.29) is 29.6 Å². The summed E-state index contributed by atoms with van der Waals surface area (Å²) < 4.78 is 29.3. The molecule has 0 amide bonds. The highest BCUT2D eigenvalue weighted by molar-refractivity contribution is 5.37. The molecule has 1 saturated heterocycles. The van der Waals surface area contributed by atoms with Crippen LogP contribution in [0, 0.1) is 11.3 Å². The number of alkyl halides is 2. The SMILES string of the molecule is OC[C@@H]1[C@@H](c2ccccc2)[C@]12CN(Cc1cccc(OC(F)F)c1)C[C@H]2O. The minimum absolute atomic E-state index is 0.0356. The highest BCUT2D eigenvalue weighted by atomic mass is 19.3. The Kier molecular flexibility index (Phi) is 4.88. The van der Waals surface area contributed by atoms with Crippen LogP contribution in [0.2, 0.25) is 0 Å². The molecule has 0 unspecified atom stereocenters. The van der Waals surface area contributed by atoms with Gasteiger partial charge in [0.15, 0.2) is 0 Å². The molecule has 4 nitrogen and oxygen atoms in total. The molecule has 144 valence electrons. The Hall–Kier alpha value is -2.02. The summed E-state index contributed by atoms with van der Waals surface area (Å²) in [7, 11) is 0. The molecule has 2 N–H and O–H groups in total. The van der Waals surface area contributed by atoms with Crippen LogP contribution in [-0.4, -0.2) is 47.5 Å². The molecule has 2 aliphatic rings. The standard InChI is InChI=1S/C21H23F2NO3/c22-20(23)27-16-8-4-5-14(9-16)10-24-11-18(26)21(13-24)17(12-25)19(21)15-6-2-1-3-7-15/h1-9,17-20,25-26H,10-13H2/t17-,18-,19-,21-/m1/s1. The predicted molar refractivity (Wildman–Crippen MR) is 96.5 cm³/mol. The monoisotopic (exact) mass is 375 g/mol. The maximum atomic E-state index is 12.4. The topological polar surface area (TPSA) is 52.9 Å². The molecular formula is C21H23F2NO3. The summed E-state index contributed by atoms with van der Waals surface area (Å²) in [5, 5.41) is 20.7. The Morgan fingerprint density at radius 2 is 1.93 bits per heavy atom. The second kappa shape index (κ2) is 7.19. The predicted octanol–water partition coefficient (Wildman–Crippen LogP) is 2.86. The molecule has 1 aliphatic carbocycles. The highest BCUT2D eigenvalue weighted by Gasteiger charge is 2.70. The molecule has 6 heteroatoms. The van der Waals surface area contributed by atoms with E-state index in [4.69, 9.17) is 0 Å². The Labute approximate surface area is 157 Å². The fourth-order valence-electron chi connectivity index (χ4n) is 4.86. The lowest BCUT2D eigenvalue weighted by molar-refractivity contribution is -0.0499. The first-order chi connectivity index (χ1) is 13.0. The minimum Gasteiger partial charge on any atom is -0.435 e. The van der Waals surface area contributed by atoms with Gasteiger partial charge in [-0.15, -0.1) is 0 Å². The van der Waals surface area contributed by atoms with E-state index in [9.17, 15) is 19.0 Å². The van der Waals surface area contributed by atoms with Crippen LogP contribution in [0.1, 0.15) is 17.0 Å². The first kappa shape index (κ1) is 18.3. The molecule has 0 radical (unpaired) electrons. The quantitative estimate of drug-likeness (QED) is 0.815. The van der Waals surface area contributed by atoms with Crippen molar-refractivity contribution in [3.63, 3.8) is 0 Å². The van der Waals surface area contributed by atoms with Crippen LogP contribution < -0.4 is 4.74 Å². The van der Waals surface area contributed by atoms with Crippen molar-refractivity contribution < 1.29 is 23.7 Å². The van der Waals surface area contributed by atoms with E-state index in [0.717, 1.165) is 11.1 Å². The van der Waals surface area contributed by atoms with Crippen LogP contribution in [-0.2, 0) is 6.54 Å². The highest BCUT2D eigenvalue weighted by Crippen LogP contribution is 2.68. The van der Waals surface area contributed by atoms with Gasteiger partial charge in [0.05, 0.1) is 6.10 Å². The van der Waals surface area contributed by atoms with Crippen molar-refractivity contribution in [2.75, 3.05) is 19.7 Å². The van der Waals surface area contributed by atoms with E-state index in [2.05, 4.69) is 9.64 Å². The van der Waals surface area contributed by atoms with Crippen molar-refractivity contribution in [1.82, 2.24) is 4.90 Å². The van der Waals surface area contributed by atoms with Crippen LogP contribution >= 0.6 is 0 Å². The average molecular weight is 375 g/mol. The number of β-amino-alcohol motifs (C(OH)–C–C–N with tert-alkyl or cyclic N) is 1. The van der Waals surface area contributed by atoms with Crippen LogP contribution in [0.25, 0.3) is 0 Å². The molecule has 1 spiro atoms. The van der Waals surface area contributed by atoms with E-state index in [1.165, 1.54) is 6.07 Å². The molecule has 1 saturated carbocycles. The third kappa shape index (κ3) is 3.33. The molecule has 0 bridgehead atoms. The molecule has 0 aromatic heterocycles. The molecule has 1 aliphatic heterocycles. The van der Waals surface area contributed by atoms with Gasteiger partial charge in [-0.1, -0.05) is 42.5 Å². The van der Waals surface area contributed by atoms with Crippen molar-refractivity contribution in [3.8, 4) is 5.75 Å². The number of aliphatic hydroxyl groups excluding tert-OH is 2. The Bertz CT molecular complexity index is 788. The number of halogens is 2. The second-order valence-corrected chi connectivity index (χ2v) is 7.50. The van der Waals surface area contributed by atoms with E-state index in [1.54, 1.807) is 12.1 Å². The van der Waals surface area contributed by atoms with Crippen molar-refractivity contribution >= 4 is 0 Å². The largest absolute Gasteiger partial charge is 0.435 e. The number of hydrogen-bond acceptors (Lipinski definition) is 4. The van der Waals surface area contributed by atoms with Gasteiger partial charge in [0.2, 0.25) is 0 Å². The molecular weight excluding hydrogens is 352 g/mol. The maximum Gasteiger partial charge on any atom is 0.387 e. The third-order valence-corrected chi connectivity index (χ3v) is 6.00. The van der Waals surface area contributed by atoms with Crippen molar-refractivity contribution in [1.29, 1.82) is 0 Å². The zero-order valence-corrected chi connectivity index (χ0v) is 14.8. The van der Waals surface area contributed by atoms with Gasteiger partial charge < -0.3 is 14.9 Å². The molecule has 1 heterocycles. The van der Waals surface area contributed by atoms with Crippen molar-refractivity contribution in [2.45, 2.75) is 25.2 Å². The summed E-state index contributed by atoms with van der Waals surface area (Å²) in [6.07, 6.45) is -0.527. The summed E-state index contributed by atoms with van der Waals surface area (Å²) in [4.78, 5) is 2.12. The molecule has 2 aromatic rings. The molecule has 4 atom stereocenters. The van der Waals surface area contributed by atoms with Crippen LogP contribution in [0.3, 0.4) is 0 Å². The molecule has 2 aromatic carbocycles. The Morgan fingerprint density at radius 1 is 1.15 bits per heavy atom. The number of benzene rings is 2. The van der Waals surface area contributed by atoms with Gasteiger partial charge in [0, 0.05) is 31.7 Å². The van der Waals surface area contributed by atoms with E-state index < -0.39 is 12.7 Å². The summed E-state index contributed by atoms with van der Waals surface area (Å²) in [5.74, 6) is 0.310. The summed E-state index contributed by atoms with van der Waals surface area (Å²) >= 11 is 0. The smallest absolute Gasteiger partial charge is 0.387 e. The van der Waals surface area contributed by atoms with E-state index >= 15 is 0 Å². The van der Waals surface area contributed by atoms with Gasteiger partial charge in [-0.2, -0.15) is 8.78 Å². The number of nitrogens with zero attached hydrogens (tertiary/aromatic N) is 1.